The summed E-state index contributed by atoms with van der Waals surface area (Å²) < 4.78 is 580. The molecule has 0 bridgehead atoms. The van der Waals surface area contributed by atoms with E-state index in [1.807, 2.05) is 0 Å². The summed E-state index contributed by atoms with van der Waals surface area (Å²) in [4.78, 5) is 6.79. The zero-order chi connectivity index (χ0) is 66.9. The molecule has 0 unspecified atom stereocenters. The first-order valence-corrected chi connectivity index (χ1v) is 22.9. The van der Waals surface area contributed by atoms with E-state index >= 15 is 0 Å². The number of aromatic nitrogens is 2. The van der Waals surface area contributed by atoms with Crippen molar-refractivity contribution >= 4 is 19.1 Å². The molecule has 0 N–H and O–H groups in total. The Bertz CT molecular complexity index is 2360. The molecule has 0 aromatic carbocycles. The summed E-state index contributed by atoms with van der Waals surface area (Å²) in [6.45, 7) is -10.9. The molecule has 49 heteroatoms. The van der Waals surface area contributed by atoms with Crippen molar-refractivity contribution in [3.63, 3.8) is 0 Å². The van der Waals surface area contributed by atoms with Crippen LogP contribution >= 0.6 is 19.1 Å². The van der Waals surface area contributed by atoms with Gasteiger partial charge in [0.25, 0.3) is 0 Å². The molecule has 0 radical (unpaired) electrons. The Labute approximate surface area is 443 Å². The van der Waals surface area contributed by atoms with Gasteiger partial charge in [-0.25, -0.2) is 0 Å². The number of nitrogens with zero attached hydrogens (tertiary/aromatic N) is 2. The number of ether oxygens (including phenoxy) is 2. The zero-order valence-corrected chi connectivity index (χ0v) is 40.0. The Morgan fingerprint density at radius 3 is 0.639 bits per heavy atom. The van der Waals surface area contributed by atoms with Crippen molar-refractivity contribution in [1.82, 2.24) is 9.97 Å². The van der Waals surface area contributed by atoms with Gasteiger partial charge in [-0.05, 0) is 35.4 Å². The molecule has 2 aromatic heterocycles. The third kappa shape index (κ3) is 11.9. The van der Waals surface area contributed by atoms with E-state index in [0.717, 1.165) is 0 Å². The number of hydrogen-bond donors (Lipinski definition) is 0. The summed E-state index contributed by atoms with van der Waals surface area (Å²) in [7, 11) is 9.63. The van der Waals surface area contributed by atoms with E-state index in [2.05, 4.69) is 19.4 Å². The van der Waals surface area contributed by atoms with Crippen molar-refractivity contribution in [2.24, 2.45) is 0 Å². The minimum absolute atomic E-state index is 0.106. The molecule has 83 heavy (non-hydrogen) atoms. The summed E-state index contributed by atoms with van der Waals surface area (Å²) >= 11 is -0.106. The third-order valence-corrected chi connectivity index (χ3v) is 10.2. The van der Waals surface area contributed by atoms with Crippen LogP contribution in [0.25, 0.3) is 11.4 Å². The normalized spacial score (nSPS) is 15.9. The fourth-order valence-electron chi connectivity index (χ4n) is 5.37. The Morgan fingerprint density at radius 2 is 0.458 bits per heavy atom. The van der Waals surface area contributed by atoms with Crippen molar-refractivity contribution in [3.05, 3.63) is 47.8 Å². The standard InChI is InChI=1S/C34H14F42N2O2.2ClH.Pd/c35-15(36,17(39,40)19(43,44)21(47,48)23(51,52)25(55,56)27(59,60)29(63,64)31(67,68)33(71,72)73)9-79-7-11-1-3-77-13(5-11)14-6-12(2-4-78-14)8-80-10-16(37,38)18(41,42)20(45,46)22(49,50)24(53,54)26(57,58)28(61,62)30(65,66)32(69,70)34(74,75)76;;;/h1-6H,7-10H2;2*1H;/q;;;+2/p-2. The van der Waals surface area contributed by atoms with Crippen molar-refractivity contribution in [2.75, 3.05) is 13.2 Å². The molecule has 0 saturated carbocycles. The predicted octanol–water partition coefficient (Wildman–Crippen LogP) is 17.1. The molecule has 2 rings (SSSR count). The fourth-order valence-corrected chi connectivity index (χ4v) is 5.37. The number of rotatable bonds is 25. The average Bonchev–Trinajstić information content (AvgIpc) is 3.30. The molecule has 2 heterocycles. The molecule has 0 fully saturated rings. The van der Waals surface area contributed by atoms with Gasteiger partial charge in [-0.1, -0.05) is 0 Å². The molecular weight excluding hydrogens is 1440 g/mol. The van der Waals surface area contributed by atoms with E-state index in [1.54, 1.807) is 0 Å². The second kappa shape index (κ2) is 22.9. The predicted molar refractivity (Wildman–Crippen MR) is 180 cm³/mol. The molecule has 0 aliphatic heterocycles. The molecule has 490 valence electrons. The summed E-state index contributed by atoms with van der Waals surface area (Å²) in [5, 5.41) is 0. The van der Waals surface area contributed by atoms with E-state index in [-0.39, 0.29) is 15.9 Å². The van der Waals surface area contributed by atoms with Crippen LogP contribution in [-0.2, 0) is 38.6 Å². The van der Waals surface area contributed by atoms with E-state index in [4.69, 9.17) is 19.1 Å². The molecule has 0 saturated heterocycles. The molecule has 0 aliphatic rings. The van der Waals surface area contributed by atoms with E-state index in [9.17, 15) is 184 Å². The van der Waals surface area contributed by atoms with Gasteiger partial charge in [0, 0.05) is 12.4 Å². The van der Waals surface area contributed by atoms with Crippen LogP contribution < -0.4 is 0 Å². The minimum atomic E-state index is -9.46. The van der Waals surface area contributed by atoms with Crippen LogP contribution in [0.1, 0.15) is 11.1 Å². The summed E-state index contributed by atoms with van der Waals surface area (Å²) in [5.74, 6) is -160. The summed E-state index contributed by atoms with van der Waals surface area (Å²) in [6, 6.07) is 1.59. The molecule has 0 amide bonds. The van der Waals surface area contributed by atoms with Crippen LogP contribution in [-0.4, -0.2) is 142 Å². The van der Waals surface area contributed by atoms with E-state index in [0.29, 0.717) is 36.7 Å². The van der Waals surface area contributed by atoms with Crippen LogP contribution in [0.5, 0.6) is 0 Å². The quantitative estimate of drug-likeness (QED) is 0.0734. The fraction of sp³-hybridized carbons (Fsp3) is 0.706. The first-order valence-electron chi connectivity index (χ1n) is 18.9. The van der Waals surface area contributed by atoms with Crippen molar-refractivity contribution in [3.8, 4) is 11.4 Å². The van der Waals surface area contributed by atoms with Crippen LogP contribution in [0, 0.1) is 0 Å². The Hall–Kier alpha value is -3.48. The van der Waals surface area contributed by atoms with E-state index < -0.39 is 168 Å². The molecule has 0 atom stereocenters. The van der Waals surface area contributed by atoms with Gasteiger partial charge in [0.2, 0.25) is 0 Å². The van der Waals surface area contributed by atoms with Crippen LogP contribution in [0.2, 0.25) is 0 Å². The number of halogens is 44. The number of pyridine rings is 2. The van der Waals surface area contributed by atoms with E-state index in [1.165, 1.54) is 0 Å². The van der Waals surface area contributed by atoms with Gasteiger partial charge in [0.1, 0.15) is 13.2 Å². The molecular formula is C34H14Cl2F42N2O2Pd. The Kier molecular flexibility index (Phi) is 21.4. The van der Waals surface area contributed by atoms with Crippen LogP contribution in [0.3, 0.4) is 0 Å². The van der Waals surface area contributed by atoms with Crippen molar-refractivity contribution in [1.29, 1.82) is 0 Å². The monoisotopic (exact) mass is 1460 g/mol. The number of hydrogen-bond acceptors (Lipinski definition) is 4. The van der Waals surface area contributed by atoms with Gasteiger partial charge < -0.3 is 9.47 Å². The second-order valence-corrected chi connectivity index (χ2v) is 18.1. The molecule has 4 nitrogen and oxygen atoms in total. The molecule has 2 aromatic rings. The maximum atomic E-state index is 14.3. The van der Waals surface area contributed by atoms with Crippen LogP contribution in [0.4, 0.5) is 184 Å². The first-order chi connectivity index (χ1) is 36.0. The third-order valence-electron chi connectivity index (χ3n) is 10.2. The SMILES string of the molecule is FC(F)(F)C(F)(F)C(F)(F)C(F)(F)C(F)(F)C(F)(F)C(F)(F)C(F)(F)C(F)(F)C(F)(F)COCc1ccnc(-c2cc(COCC(F)(F)C(F)(F)C(F)(F)C(F)(F)C(F)(F)C(F)(F)C(F)(F)C(F)(F)C(F)(F)C(F)(F)F)ccn2)c1.[Cl][Pd][Cl]. The van der Waals surface area contributed by atoms with Gasteiger partial charge in [-0.2, -0.15) is 184 Å². The van der Waals surface area contributed by atoms with Crippen molar-refractivity contribution in [2.45, 2.75) is 132 Å². The maximum absolute atomic E-state index is 14.3. The topological polar surface area (TPSA) is 44.2 Å². The Morgan fingerprint density at radius 1 is 0.289 bits per heavy atom. The van der Waals surface area contributed by atoms with Gasteiger partial charge >= 0.3 is 154 Å². The Balaban J connectivity index is 0.0000112. The van der Waals surface area contributed by atoms with Gasteiger partial charge in [-0.15, -0.1) is 0 Å². The van der Waals surface area contributed by atoms with Gasteiger partial charge in [0.15, 0.2) is 0 Å². The number of alkyl halides is 42. The first kappa shape index (κ1) is 77.5. The summed E-state index contributed by atoms with van der Waals surface area (Å²) in [5.41, 5.74) is -3.54. The average molecular weight is 1460 g/mol. The molecule has 0 aliphatic carbocycles. The van der Waals surface area contributed by atoms with Gasteiger partial charge in [0.05, 0.1) is 24.6 Å². The zero-order valence-electron chi connectivity index (χ0n) is 37.0. The summed E-state index contributed by atoms with van der Waals surface area (Å²) in [6.07, 6.45) is -15.6. The van der Waals surface area contributed by atoms with Gasteiger partial charge in [-0.3, -0.25) is 9.97 Å². The van der Waals surface area contributed by atoms with Crippen molar-refractivity contribution < 1.29 is 210 Å². The van der Waals surface area contributed by atoms with Crippen LogP contribution in [0.15, 0.2) is 36.7 Å². The second-order valence-electron chi connectivity index (χ2n) is 15.7. The molecule has 0 spiro atoms.